The quantitative estimate of drug-likeness (QED) is 0.231. The molecule has 29 heavy (non-hydrogen) atoms. The summed E-state index contributed by atoms with van der Waals surface area (Å²) in [5, 5.41) is 19.6. The molecule has 0 bridgehead atoms. The lowest BCUT2D eigenvalue weighted by atomic mass is 9.97. The Morgan fingerprint density at radius 1 is 1.10 bits per heavy atom. The molecular formula is C18H31N5O6. The zero-order chi connectivity index (χ0) is 22.1. The first kappa shape index (κ1) is 24.3. The molecule has 0 aromatic heterocycles. The summed E-state index contributed by atoms with van der Waals surface area (Å²) in [6, 6.07) is -3.76. The average Bonchev–Trinajstić information content (AvgIpc) is 3.18. The maximum Gasteiger partial charge on any atom is 0.326 e. The van der Waals surface area contributed by atoms with Gasteiger partial charge in [-0.05, 0) is 32.2 Å². The minimum atomic E-state index is -1.49. The van der Waals surface area contributed by atoms with Gasteiger partial charge >= 0.3 is 5.97 Å². The van der Waals surface area contributed by atoms with Crippen LogP contribution < -0.4 is 27.0 Å². The Balaban J connectivity index is 2.76. The Labute approximate surface area is 169 Å². The van der Waals surface area contributed by atoms with E-state index in [1.165, 1.54) is 6.92 Å². The van der Waals surface area contributed by atoms with Crippen LogP contribution >= 0.6 is 0 Å². The lowest BCUT2D eigenvalue weighted by Crippen LogP contribution is -2.58. The van der Waals surface area contributed by atoms with E-state index in [2.05, 4.69) is 21.3 Å². The Kier molecular flexibility index (Phi) is 9.53. The number of carbonyl (C=O) groups is 5. The summed E-state index contributed by atoms with van der Waals surface area (Å²) >= 11 is 0. The molecule has 0 radical (unpaired) electrons. The number of hydrogen-bond donors (Lipinski definition) is 6. The summed E-state index contributed by atoms with van der Waals surface area (Å²) in [6.07, 6.45) is 1.53. The first-order valence-electron chi connectivity index (χ1n) is 9.72. The summed E-state index contributed by atoms with van der Waals surface area (Å²) in [7, 11) is 0. The van der Waals surface area contributed by atoms with E-state index in [-0.39, 0.29) is 17.9 Å². The number of nitrogens with two attached hydrogens (primary N) is 1. The molecule has 1 saturated heterocycles. The third-order valence-electron chi connectivity index (χ3n) is 4.94. The number of rotatable bonds is 11. The standard InChI is InChI=1S/C18H31N5O6/c1-4-9(2)14(17(27)22-12(18(28)29)8-13(19)24)23-15(25)10(3)21-16(26)11-6-5-7-20-11/h9-12,14,20H,4-8H2,1-3H3,(H2,19,24)(H,21,26)(H,22,27)(H,23,25)(H,28,29). The lowest BCUT2D eigenvalue weighted by Gasteiger charge is -2.27. The van der Waals surface area contributed by atoms with Crippen molar-refractivity contribution in [3.63, 3.8) is 0 Å². The van der Waals surface area contributed by atoms with Crippen molar-refractivity contribution in [3.8, 4) is 0 Å². The molecule has 11 nitrogen and oxygen atoms in total. The molecular weight excluding hydrogens is 382 g/mol. The lowest BCUT2D eigenvalue weighted by molar-refractivity contribution is -0.144. The van der Waals surface area contributed by atoms with Gasteiger partial charge in [0.25, 0.3) is 0 Å². The minimum absolute atomic E-state index is 0.290. The molecule has 7 N–H and O–H groups in total. The highest BCUT2D eigenvalue weighted by molar-refractivity contribution is 5.94. The predicted molar refractivity (Wildman–Crippen MR) is 103 cm³/mol. The Morgan fingerprint density at radius 2 is 1.76 bits per heavy atom. The molecule has 11 heteroatoms. The summed E-state index contributed by atoms with van der Waals surface area (Å²) in [4.78, 5) is 59.5. The van der Waals surface area contributed by atoms with Gasteiger partial charge in [0.05, 0.1) is 12.5 Å². The van der Waals surface area contributed by atoms with E-state index >= 15 is 0 Å². The van der Waals surface area contributed by atoms with Gasteiger partial charge in [-0.2, -0.15) is 0 Å². The van der Waals surface area contributed by atoms with Gasteiger partial charge in [0.1, 0.15) is 18.1 Å². The highest BCUT2D eigenvalue weighted by Gasteiger charge is 2.32. The minimum Gasteiger partial charge on any atom is -0.480 e. The SMILES string of the molecule is CCC(C)C(NC(=O)C(C)NC(=O)C1CCCN1)C(=O)NC(CC(N)=O)C(=O)O. The molecule has 5 unspecified atom stereocenters. The van der Waals surface area contributed by atoms with Crippen LogP contribution in [0.3, 0.4) is 0 Å². The van der Waals surface area contributed by atoms with Gasteiger partial charge in [0.2, 0.25) is 23.6 Å². The molecule has 0 saturated carbocycles. The van der Waals surface area contributed by atoms with Crippen LogP contribution in [0.15, 0.2) is 0 Å². The molecule has 1 aliphatic heterocycles. The summed E-state index contributed by atoms with van der Waals surface area (Å²) in [6.45, 7) is 5.78. The van der Waals surface area contributed by atoms with Crippen molar-refractivity contribution in [2.45, 2.75) is 70.6 Å². The number of primary amides is 1. The van der Waals surface area contributed by atoms with E-state index in [1.54, 1.807) is 6.92 Å². The molecule has 1 aliphatic rings. The van der Waals surface area contributed by atoms with Crippen LogP contribution in [-0.4, -0.2) is 65.4 Å². The maximum atomic E-state index is 12.6. The van der Waals surface area contributed by atoms with E-state index in [9.17, 15) is 24.0 Å². The summed E-state index contributed by atoms with van der Waals surface area (Å²) in [5.74, 6) is -4.20. The van der Waals surface area contributed by atoms with Crippen LogP contribution in [0.25, 0.3) is 0 Å². The number of carboxylic acids is 1. The van der Waals surface area contributed by atoms with Crippen molar-refractivity contribution in [1.82, 2.24) is 21.3 Å². The fourth-order valence-corrected chi connectivity index (χ4v) is 2.93. The van der Waals surface area contributed by atoms with Crippen LogP contribution in [0.1, 0.15) is 46.5 Å². The summed E-state index contributed by atoms with van der Waals surface area (Å²) < 4.78 is 0. The monoisotopic (exact) mass is 413 g/mol. The molecule has 0 spiro atoms. The number of amides is 4. The van der Waals surface area contributed by atoms with E-state index < -0.39 is 48.2 Å². The van der Waals surface area contributed by atoms with Crippen LogP contribution in [0.2, 0.25) is 0 Å². The zero-order valence-electron chi connectivity index (χ0n) is 17.0. The topological polar surface area (TPSA) is 180 Å². The molecule has 5 atom stereocenters. The normalized spacial score (nSPS) is 20.0. The molecule has 0 aromatic rings. The van der Waals surface area contributed by atoms with Gasteiger partial charge in [-0.15, -0.1) is 0 Å². The molecule has 4 amide bonds. The zero-order valence-corrected chi connectivity index (χ0v) is 17.0. The molecule has 1 heterocycles. The number of nitrogens with one attached hydrogen (secondary N) is 4. The van der Waals surface area contributed by atoms with Gasteiger partial charge in [0.15, 0.2) is 0 Å². The third kappa shape index (κ3) is 7.68. The van der Waals surface area contributed by atoms with Gasteiger partial charge in [-0.3, -0.25) is 19.2 Å². The van der Waals surface area contributed by atoms with Crippen molar-refractivity contribution in [3.05, 3.63) is 0 Å². The van der Waals surface area contributed by atoms with Gasteiger partial charge in [-0.1, -0.05) is 20.3 Å². The molecule has 164 valence electrons. The number of carboxylic acid groups (broad SMARTS) is 1. The molecule has 0 aromatic carbocycles. The van der Waals surface area contributed by atoms with E-state index in [0.717, 1.165) is 13.0 Å². The number of hydrogen-bond acceptors (Lipinski definition) is 6. The van der Waals surface area contributed by atoms with Gasteiger partial charge < -0.3 is 32.1 Å². The Morgan fingerprint density at radius 3 is 2.24 bits per heavy atom. The Bertz CT molecular complexity index is 634. The fourth-order valence-electron chi connectivity index (χ4n) is 2.93. The van der Waals surface area contributed by atoms with Crippen molar-refractivity contribution in [2.24, 2.45) is 11.7 Å². The van der Waals surface area contributed by atoms with E-state index in [0.29, 0.717) is 12.8 Å². The van der Waals surface area contributed by atoms with Gasteiger partial charge in [-0.25, -0.2) is 4.79 Å². The van der Waals surface area contributed by atoms with Crippen LogP contribution in [0, 0.1) is 5.92 Å². The fraction of sp³-hybridized carbons (Fsp3) is 0.722. The highest BCUT2D eigenvalue weighted by Crippen LogP contribution is 2.10. The molecule has 0 aliphatic carbocycles. The smallest absolute Gasteiger partial charge is 0.326 e. The van der Waals surface area contributed by atoms with Crippen LogP contribution in [-0.2, 0) is 24.0 Å². The van der Waals surface area contributed by atoms with E-state index in [1.807, 2.05) is 6.92 Å². The Hall–Kier alpha value is -2.69. The van der Waals surface area contributed by atoms with Gasteiger partial charge in [0, 0.05) is 0 Å². The van der Waals surface area contributed by atoms with Crippen molar-refractivity contribution >= 4 is 29.6 Å². The summed E-state index contributed by atoms with van der Waals surface area (Å²) in [5.41, 5.74) is 5.02. The van der Waals surface area contributed by atoms with E-state index in [4.69, 9.17) is 10.8 Å². The average molecular weight is 413 g/mol. The number of aliphatic carboxylic acids is 1. The van der Waals surface area contributed by atoms with Crippen molar-refractivity contribution < 1.29 is 29.1 Å². The second-order valence-corrected chi connectivity index (χ2v) is 7.32. The second kappa shape index (κ2) is 11.3. The highest BCUT2D eigenvalue weighted by atomic mass is 16.4. The molecule has 1 fully saturated rings. The predicted octanol–water partition coefficient (Wildman–Crippen LogP) is -1.78. The number of carbonyl (C=O) groups excluding carboxylic acids is 4. The third-order valence-corrected chi connectivity index (χ3v) is 4.94. The largest absolute Gasteiger partial charge is 0.480 e. The van der Waals surface area contributed by atoms with Crippen LogP contribution in [0.4, 0.5) is 0 Å². The maximum absolute atomic E-state index is 12.6. The van der Waals surface area contributed by atoms with Crippen molar-refractivity contribution in [2.75, 3.05) is 6.54 Å². The second-order valence-electron chi connectivity index (χ2n) is 7.32. The van der Waals surface area contributed by atoms with Crippen LogP contribution in [0.5, 0.6) is 0 Å². The first-order chi connectivity index (χ1) is 13.6. The first-order valence-corrected chi connectivity index (χ1v) is 9.72. The van der Waals surface area contributed by atoms with Crippen molar-refractivity contribution in [1.29, 1.82) is 0 Å². The molecule has 1 rings (SSSR count).